The molecule has 144 valence electrons. The van der Waals surface area contributed by atoms with Crippen molar-refractivity contribution >= 4 is 27.7 Å². The summed E-state index contributed by atoms with van der Waals surface area (Å²) in [5, 5.41) is 0. The van der Waals surface area contributed by atoms with Gasteiger partial charge >= 0.3 is 0 Å². The molecule has 1 saturated heterocycles. The lowest BCUT2D eigenvalue weighted by molar-refractivity contribution is 0.0375. The zero-order chi connectivity index (χ0) is 20.2. The molecule has 0 radical (unpaired) electrons. The second-order valence-corrected chi connectivity index (χ2v) is 7.80. The fourth-order valence-electron chi connectivity index (χ4n) is 4.28. The predicted molar refractivity (Wildman–Crippen MR) is 105 cm³/mol. The lowest BCUT2D eigenvalue weighted by atomic mass is 9.90. The number of carbonyl (C=O) groups excluding carboxylic acids is 2. The van der Waals surface area contributed by atoms with Gasteiger partial charge in [-0.15, -0.1) is 0 Å². The molecule has 2 aliphatic heterocycles. The van der Waals surface area contributed by atoms with E-state index in [4.69, 9.17) is 0 Å². The van der Waals surface area contributed by atoms with Gasteiger partial charge in [-0.3, -0.25) is 14.6 Å². The number of aromatic nitrogens is 2. The maximum atomic E-state index is 13.5. The first-order valence-electron chi connectivity index (χ1n) is 8.99. The summed E-state index contributed by atoms with van der Waals surface area (Å²) < 4.78 is 14.2. The Hall–Kier alpha value is -3.13. The standard InChI is InChI=1S/C21H14BrFN4O2/c22-15-4-2-14(3-5-15)21-17-7-8-24-12-16(17)20(29)27(21)10-9-26(21)19(28)13-1-6-18(23)25-11-13/h1-8,11-12H,9-10H2. The van der Waals surface area contributed by atoms with Crippen molar-refractivity contribution in [1.82, 2.24) is 19.8 Å². The van der Waals surface area contributed by atoms with Crippen LogP contribution < -0.4 is 0 Å². The molecule has 29 heavy (non-hydrogen) atoms. The number of fused-ring (bicyclic) bond motifs is 3. The first-order chi connectivity index (χ1) is 14.0. The van der Waals surface area contributed by atoms with E-state index < -0.39 is 11.6 Å². The molecule has 6 nitrogen and oxygen atoms in total. The smallest absolute Gasteiger partial charge is 0.258 e. The van der Waals surface area contributed by atoms with Crippen molar-refractivity contribution in [2.24, 2.45) is 0 Å². The Kier molecular flexibility index (Phi) is 3.99. The number of hydrogen-bond donors (Lipinski definition) is 0. The zero-order valence-electron chi connectivity index (χ0n) is 15.0. The fourth-order valence-corrected chi connectivity index (χ4v) is 4.54. The first kappa shape index (κ1) is 17.9. The van der Waals surface area contributed by atoms with Crippen LogP contribution in [-0.2, 0) is 5.66 Å². The first-order valence-corrected chi connectivity index (χ1v) is 9.79. The van der Waals surface area contributed by atoms with Crippen molar-refractivity contribution in [3.05, 3.63) is 93.7 Å². The summed E-state index contributed by atoms with van der Waals surface area (Å²) in [4.78, 5) is 37.7. The largest absolute Gasteiger partial charge is 0.306 e. The molecule has 1 fully saturated rings. The van der Waals surface area contributed by atoms with Gasteiger partial charge in [0.15, 0.2) is 5.66 Å². The average molecular weight is 453 g/mol. The summed E-state index contributed by atoms with van der Waals surface area (Å²) in [5.74, 6) is -1.14. The van der Waals surface area contributed by atoms with Gasteiger partial charge in [0.05, 0.1) is 11.1 Å². The van der Waals surface area contributed by atoms with Gasteiger partial charge in [0, 0.05) is 47.3 Å². The number of halogens is 2. The highest BCUT2D eigenvalue weighted by Crippen LogP contribution is 2.49. The van der Waals surface area contributed by atoms with E-state index in [2.05, 4.69) is 25.9 Å². The number of nitrogens with zero attached hydrogens (tertiary/aromatic N) is 4. The molecule has 2 amide bonds. The van der Waals surface area contributed by atoms with Gasteiger partial charge in [0.2, 0.25) is 5.95 Å². The van der Waals surface area contributed by atoms with Crippen LogP contribution in [-0.4, -0.2) is 44.7 Å². The molecule has 1 unspecified atom stereocenters. The highest BCUT2D eigenvalue weighted by molar-refractivity contribution is 9.10. The van der Waals surface area contributed by atoms with Gasteiger partial charge in [-0.25, -0.2) is 4.98 Å². The molecule has 0 saturated carbocycles. The Morgan fingerprint density at radius 3 is 2.59 bits per heavy atom. The van der Waals surface area contributed by atoms with Crippen molar-refractivity contribution in [2.45, 2.75) is 5.66 Å². The minimum atomic E-state index is -1.08. The molecule has 2 aromatic heterocycles. The Morgan fingerprint density at radius 1 is 1.07 bits per heavy atom. The van der Waals surface area contributed by atoms with E-state index in [0.717, 1.165) is 16.1 Å². The highest BCUT2D eigenvalue weighted by atomic mass is 79.9. The van der Waals surface area contributed by atoms with Crippen LogP contribution in [0.5, 0.6) is 0 Å². The maximum absolute atomic E-state index is 13.5. The summed E-state index contributed by atoms with van der Waals surface area (Å²) in [6.45, 7) is 0.726. The minimum absolute atomic E-state index is 0.163. The summed E-state index contributed by atoms with van der Waals surface area (Å²) in [5.41, 5.74) is 1.16. The SMILES string of the molecule is O=C(c1ccc(F)nc1)N1CCN2C(=O)c3cnccc3C12c1ccc(Br)cc1. The maximum Gasteiger partial charge on any atom is 0.258 e. The third-order valence-corrected chi connectivity index (χ3v) is 6.00. The second-order valence-electron chi connectivity index (χ2n) is 6.88. The van der Waals surface area contributed by atoms with E-state index in [9.17, 15) is 14.0 Å². The fraction of sp³-hybridized carbons (Fsp3) is 0.143. The van der Waals surface area contributed by atoms with Gasteiger partial charge in [0.1, 0.15) is 0 Å². The number of carbonyl (C=O) groups is 2. The average Bonchev–Trinajstić information content (AvgIpc) is 3.25. The Balaban J connectivity index is 1.74. The normalized spacial score (nSPS) is 20.0. The van der Waals surface area contributed by atoms with E-state index in [1.54, 1.807) is 28.3 Å². The summed E-state index contributed by atoms with van der Waals surface area (Å²) in [6, 6.07) is 11.9. The Bertz CT molecular complexity index is 1140. The second kappa shape index (κ2) is 6.45. The summed E-state index contributed by atoms with van der Waals surface area (Å²) >= 11 is 3.44. The van der Waals surface area contributed by atoms with Crippen molar-refractivity contribution in [2.75, 3.05) is 13.1 Å². The van der Waals surface area contributed by atoms with E-state index in [0.29, 0.717) is 24.2 Å². The van der Waals surface area contributed by atoms with E-state index in [-0.39, 0.29) is 17.4 Å². The van der Waals surface area contributed by atoms with Crippen LogP contribution in [0.25, 0.3) is 0 Å². The van der Waals surface area contributed by atoms with Crippen molar-refractivity contribution < 1.29 is 14.0 Å². The van der Waals surface area contributed by atoms with Crippen LogP contribution in [0.2, 0.25) is 0 Å². The van der Waals surface area contributed by atoms with Crippen LogP contribution in [0.4, 0.5) is 4.39 Å². The number of amides is 2. The van der Waals surface area contributed by atoms with Crippen molar-refractivity contribution in [1.29, 1.82) is 0 Å². The Morgan fingerprint density at radius 2 is 1.86 bits per heavy atom. The Labute approximate surface area is 174 Å². The van der Waals surface area contributed by atoms with Crippen LogP contribution in [0, 0.1) is 5.95 Å². The number of hydrogen-bond acceptors (Lipinski definition) is 4. The molecule has 0 N–H and O–H groups in total. The van der Waals surface area contributed by atoms with Gasteiger partial charge in [0.25, 0.3) is 11.8 Å². The topological polar surface area (TPSA) is 66.4 Å². The highest BCUT2D eigenvalue weighted by Gasteiger charge is 2.59. The molecule has 1 atom stereocenters. The third-order valence-electron chi connectivity index (χ3n) is 5.47. The molecular weight excluding hydrogens is 439 g/mol. The van der Waals surface area contributed by atoms with Crippen LogP contribution in [0.3, 0.4) is 0 Å². The van der Waals surface area contributed by atoms with E-state index in [1.165, 1.54) is 12.3 Å². The van der Waals surface area contributed by atoms with Gasteiger partial charge < -0.3 is 9.80 Å². The quantitative estimate of drug-likeness (QED) is 0.560. The monoisotopic (exact) mass is 452 g/mol. The number of rotatable bonds is 2. The number of benzene rings is 1. The molecule has 5 rings (SSSR count). The summed E-state index contributed by atoms with van der Waals surface area (Å²) in [7, 11) is 0. The molecule has 0 bridgehead atoms. The van der Waals surface area contributed by atoms with Crippen LogP contribution in [0.1, 0.15) is 31.8 Å². The molecule has 0 aliphatic carbocycles. The molecule has 8 heteroatoms. The molecule has 4 heterocycles. The van der Waals surface area contributed by atoms with Crippen molar-refractivity contribution in [3.8, 4) is 0 Å². The molecule has 1 aromatic carbocycles. The molecule has 2 aliphatic rings. The van der Waals surface area contributed by atoms with Gasteiger partial charge in [-0.05, 0) is 30.3 Å². The van der Waals surface area contributed by atoms with E-state index in [1.807, 2.05) is 24.3 Å². The van der Waals surface area contributed by atoms with E-state index >= 15 is 0 Å². The van der Waals surface area contributed by atoms with Gasteiger partial charge in [-0.1, -0.05) is 28.1 Å². The van der Waals surface area contributed by atoms with Crippen molar-refractivity contribution in [3.63, 3.8) is 0 Å². The van der Waals surface area contributed by atoms with Crippen LogP contribution >= 0.6 is 15.9 Å². The molecule has 0 spiro atoms. The summed E-state index contributed by atoms with van der Waals surface area (Å²) in [6.07, 6.45) is 4.38. The number of pyridine rings is 2. The lowest BCUT2D eigenvalue weighted by Gasteiger charge is -2.40. The predicted octanol–water partition coefficient (Wildman–Crippen LogP) is 3.19. The van der Waals surface area contributed by atoms with Crippen LogP contribution in [0.15, 0.2) is 65.5 Å². The lowest BCUT2D eigenvalue weighted by Crippen LogP contribution is -2.51. The molecular formula is C21H14BrFN4O2. The molecule has 3 aromatic rings. The minimum Gasteiger partial charge on any atom is -0.306 e. The van der Waals surface area contributed by atoms with Gasteiger partial charge in [-0.2, -0.15) is 4.39 Å². The third kappa shape index (κ3) is 2.45. The zero-order valence-corrected chi connectivity index (χ0v) is 16.6.